The molecule has 5 nitrogen and oxygen atoms in total. The van der Waals surface area contributed by atoms with Crippen molar-refractivity contribution in [1.82, 2.24) is 5.32 Å². The molecule has 0 bridgehead atoms. The van der Waals surface area contributed by atoms with Gasteiger partial charge in [0.1, 0.15) is 11.5 Å². The molecule has 2 amide bonds. The standard InChI is InChI=1S/C19H26N2O3S/c1-12-10-16-11-15(4-5-18(16)21(13(12)2)14(3)22)19(23)20-17-6-8-25(24)9-7-17/h4-5,11-13,17H,6-10H2,1-3H3,(H,20,23)/t12-,13+,17?,25?/m1/s1. The van der Waals surface area contributed by atoms with E-state index in [0.717, 1.165) is 30.5 Å². The number of nitrogens with zero attached hydrogens (tertiary/aromatic N) is 1. The van der Waals surface area contributed by atoms with Crippen molar-refractivity contribution in [2.24, 2.45) is 5.92 Å². The Hall–Kier alpha value is -1.53. The zero-order chi connectivity index (χ0) is 18.1. The average Bonchev–Trinajstić information content (AvgIpc) is 2.57. The summed E-state index contributed by atoms with van der Waals surface area (Å²) in [7, 11) is 0. The first-order valence-corrected chi connectivity index (χ1v) is 10.4. The topological polar surface area (TPSA) is 72.5 Å². The van der Waals surface area contributed by atoms with E-state index in [1.165, 1.54) is 0 Å². The third-order valence-electron chi connectivity index (χ3n) is 5.44. The molecular formula is C19H26N2O3S. The van der Waals surface area contributed by atoms with Gasteiger partial charge in [0, 0.05) is 43.1 Å². The van der Waals surface area contributed by atoms with Crippen LogP contribution in [0, 0.1) is 5.92 Å². The van der Waals surface area contributed by atoms with Crippen molar-refractivity contribution in [1.29, 1.82) is 0 Å². The maximum absolute atomic E-state index is 12.6. The summed E-state index contributed by atoms with van der Waals surface area (Å²) in [5, 5.41) is 3.06. The van der Waals surface area contributed by atoms with E-state index in [9.17, 15) is 14.1 Å². The molecule has 0 spiro atoms. The van der Waals surface area contributed by atoms with Crippen molar-refractivity contribution in [3.63, 3.8) is 0 Å². The zero-order valence-electron chi connectivity index (χ0n) is 15.1. The zero-order valence-corrected chi connectivity index (χ0v) is 15.9. The summed E-state index contributed by atoms with van der Waals surface area (Å²) in [6.45, 7) is 5.80. The number of carbonyl (C=O) groups excluding carboxylic acids is 2. The van der Waals surface area contributed by atoms with Crippen molar-refractivity contribution < 1.29 is 14.1 Å². The van der Waals surface area contributed by atoms with E-state index < -0.39 is 11.2 Å². The predicted molar refractivity (Wildman–Crippen MR) is 100 cm³/mol. The molecule has 25 heavy (non-hydrogen) atoms. The smallest absolute Gasteiger partial charge is 0.251 e. The molecule has 2 heterocycles. The fourth-order valence-corrected chi connectivity index (χ4v) is 5.08. The molecule has 2 aliphatic heterocycles. The first-order valence-electron chi connectivity index (χ1n) is 8.95. The van der Waals surface area contributed by atoms with E-state index in [4.69, 9.17) is 0 Å². The lowest BCUT2D eigenvalue weighted by atomic mass is 9.87. The van der Waals surface area contributed by atoms with E-state index in [1.807, 2.05) is 17.0 Å². The van der Waals surface area contributed by atoms with Gasteiger partial charge in [0.15, 0.2) is 0 Å². The molecule has 0 saturated carbocycles. The Balaban J connectivity index is 1.77. The molecule has 3 rings (SSSR count). The van der Waals surface area contributed by atoms with Gasteiger partial charge in [-0.1, -0.05) is 18.1 Å². The Morgan fingerprint density at radius 1 is 1.24 bits per heavy atom. The van der Waals surface area contributed by atoms with Gasteiger partial charge in [0.25, 0.3) is 5.91 Å². The van der Waals surface area contributed by atoms with Gasteiger partial charge in [-0.2, -0.15) is 0 Å². The Morgan fingerprint density at radius 2 is 1.92 bits per heavy atom. The van der Waals surface area contributed by atoms with E-state index in [0.29, 0.717) is 23.0 Å². The molecule has 1 saturated heterocycles. The Bertz CT molecular complexity index is 671. The third-order valence-corrected chi connectivity index (χ3v) is 6.82. The largest absolute Gasteiger partial charge is 0.616 e. The molecule has 0 radical (unpaired) electrons. The van der Waals surface area contributed by atoms with Gasteiger partial charge >= 0.3 is 0 Å². The van der Waals surface area contributed by atoms with E-state index in [1.54, 1.807) is 13.0 Å². The van der Waals surface area contributed by atoms with Gasteiger partial charge in [0.05, 0.1) is 0 Å². The monoisotopic (exact) mass is 362 g/mol. The normalized spacial score (nSPS) is 29.0. The molecule has 0 aliphatic carbocycles. The number of hydrogen-bond donors (Lipinski definition) is 1. The van der Waals surface area contributed by atoms with E-state index in [-0.39, 0.29) is 23.9 Å². The minimum Gasteiger partial charge on any atom is -0.616 e. The van der Waals surface area contributed by atoms with Crippen LogP contribution in [0.15, 0.2) is 18.2 Å². The Kier molecular flexibility index (Phi) is 5.39. The summed E-state index contributed by atoms with van der Waals surface area (Å²) in [4.78, 5) is 26.5. The Labute approximate surface area is 152 Å². The molecular weight excluding hydrogens is 336 g/mol. The van der Waals surface area contributed by atoms with Crippen molar-refractivity contribution in [3.8, 4) is 0 Å². The fraction of sp³-hybridized carbons (Fsp3) is 0.579. The number of hydrogen-bond acceptors (Lipinski definition) is 3. The lowest BCUT2D eigenvalue weighted by Crippen LogP contribution is -2.45. The minimum atomic E-state index is -0.727. The third kappa shape index (κ3) is 3.85. The van der Waals surface area contributed by atoms with Crippen LogP contribution in [0.4, 0.5) is 5.69 Å². The van der Waals surface area contributed by atoms with Crippen LogP contribution in [-0.2, 0) is 22.4 Å². The maximum Gasteiger partial charge on any atom is 0.251 e. The summed E-state index contributed by atoms with van der Waals surface area (Å²) < 4.78 is 11.4. The van der Waals surface area contributed by atoms with Gasteiger partial charge < -0.3 is 14.8 Å². The molecule has 6 heteroatoms. The maximum atomic E-state index is 12.6. The molecule has 0 aromatic heterocycles. The molecule has 136 valence electrons. The Morgan fingerprint density at radius 3 is 2.56 bits per heavy atom. The SMILES string of the molecule is CC(=O)N1c2ccc(C(=O)NC3CC[S+]([O-])CC3)cc2C[C@@H](C)[C@@H]1C. The molecule has 1 aromatic rings. The van der Waals surface area contributed by atoms with Crippen LogP contribution >= 0.6 is 0 Å². The average molecular weight is 362 g/mol. The van der Waals surface area contributed by atoms with Gasteiger partial charge in [-0.25, -0.2) is 0 Å². The van der Waals surface area contributed by atoms with E-state index in [2.05, 4.69) is 19.2 Å². The van der Waals surface area contributed by atoms with Crippen LogP contribution in [-0.4, -0.2) is 40.0 Å². The molecule has 0 unspecified atom stereocenters. The lowest BCUT2D eigenvalue weighted by Gasteiger charge is -2.39. The van der Waals surface area contributed by atoms with Crippen LogP contribution in [0.3, 0.4) is 0 Å². The molecule has 1 fully saturated rings. The number of rotatable bonds is 2. The number of benzene rings is 1. The molecule has 1 N–H and O–H groups in total. The number of anilines is 1. The van der Waals surface area contributed by atoms with Crippen LogP contribution in [0.2, 0.25) is 0 Å². The van der Waals surface area contributed by atoms with Crippen molar-refractivity contribution in [2.75, 3.05) is 16.4 Å². The van der Waals surface area contributed by atoms with Crippen molar-refractivity contribution in [2.45, 2.75) is 52.1 Å². The van der Waals surface area contributed by atoms with Crippen LogP contribution in [0.5, 0.6) is 0 Å². The highest BCUT2D eigenvalue weighted by Crippen LogP contribution is 2.34. The van der Waals surface area contributed by atoms with Gasteiger partial charge in [-0.15, -0.1) is 0 Å². The van der Waals surface area contributed by atoms with Gasteiger partial charge in [-0.3, -0.25) is 9.59 Å². The molecule has 2 aliphatic rings. The first-order chi connectivity index (χ1) is 11.9. The van der Waals surface area contributed by atoms with Crippen LogP contribution < -0.4 is 10.2 Å². The number of nitrogens with one attached hydrogen (secondary N) is 1. The van der Waals surface area contributed by atoms with Crippen LogP contribution in [0.1, 0.15) is 49.5 Å². The quantitative estimate of drug-likeness (QED) is 0.820. The second-order valence-electron chi connectivity index (χ2n) is 7.25. The highest BCUT2D eigenvalue weighted by molar-refractivity contribution is 7.91. The number of fused-ring (bicyclic) bond motifs is 1. The second-order valence-corrected chi connectivity index (χ2v) is 8.95. The second kappa shape index (κ2) is 7.38. The summed E-state index contributed by atoms with van der Waals surface area (Å²) in [6, 6.07) is 5.88. The summed E-state index contributed by atoms with van der Waals surface area (Å²) in [5.74, 6) is 1.63. The summed E-state index contributed by atoms with van der Waals surface area (Å²) in [5.41, 5.74) is 2.61. The molecule has 2 atom stereocenters. The highest BCUT2D eigenvalue weighted by Gasteiger charge is 2.31. The van der Waals surface area contributed by atoms with Crippen LogP contribution in [0.25, 0.3) is 0 Å². The fourth-order valence-electron chi connectivity index (χ4n) is 3.78. The molecule has 1 aromatic carbocycles. The number of amides is 2. The minimum absolute atomic E-state index is 0.0349. The first kappa shape index (κ1) is 18.3. The lowest BCUT2D eigenvalue weighted by molar-refractivity contribution is -0.117. The van der Waals surface area contributed by atoms with Gasteiger partial charge in [0.2, 0.25) is 5.91 Å². The highest BCUT2D eigenvalue weighted by atomic mass is 32.2. The number of carbonyl (C=O) groups is 2. The van der Waals surface area contributed by atoms with E-state index >= 15 is 0 Å². The van der Waals surface area contributed by atoms with Gasteiger partial charge in [-0.05, 0) is 43.0 Å². The van der Waals surface area contributed by atoms with Crippen molar-refractivity contribution in [3.05, 3.63) is 29.3 Å². The predicted octanol–water partition coefficient (Wildman–Crippen LogP) is 2.26. The summed E-state index contributed by atoms with van der Waals surface area (Å²) in [6.07, 6.45) is 2.41. The van der Waals surface area contributed by atoms with Crippen molar-refractivity contribution >= 4 is 28.7 Å². The summed E-state index contributed by atoms with van der Waals surface area (Å²) >= 11 is -0.727.